The van der Waals surface area contributed by atoms with Crippen LogP contribution in [-0.4, -0.2) is 18.6 Å². The van der Waals surface area contributed by atoms with Crippen molar-refractivity contribution < 1.29 is 0 Å². The Balaban J connectivity index is 1.80. The summed E-state index contributed by atoms with van der Waals surface area (Å²) in [5.41, 5.74) is 2.19. The van der Waals surface area contributed by atoms with E-state index in [9.17, 15) is 4.91 Å². The number of nitrogens with one attached hydrogen (secondary N) is 1. The second-order valence-electron chi connectivity index (χ2n) is 5.46. The zero-order chi connectivity index (χ0) is 12.4. The third kappa shape index (κ3) is 2.10. The lowest BCUT2D eigenvalue weighted by atomic mass is 9.87. The summed E-state index contributed by atoms with van der Waals surface area (Å²) in [6.07, 6.45) is 15.1. The molecule has 3 heteroatoms. The fraction of sp³-hybridized carbons (Fsp3) is 0.467. The van der Waals surface area contributed by atoms with E-state index in [1.54, 1.807) is 0 Å². The van der Waals surface area contributed by atoms with Crippen molar-refractivity contribution in [3.05, 3.63) is 52.5 Å². The Labute approximate surface area is 107 Å². The SMILES string of the molecule is O=N[C@@]1(CC2=CC=CC=CC2)C=C2CNCC2C1. The van der Waals surface area contributed by atoms with Gasteiger partial charge in [0.1, 0.15) is 5.54 Å². The molecular weight excluding hydrogens is 224 g/mol. The van der Waals surface area contributed by atoms with Crippen molar-refractivity contribution in [3.8, 4) is 0 Å². The quantitative estimate of drug-likeness (QED) is 0.610. The topological polar surface area (TPSA) is 41.5 Å². The highest BCUT2D eigenvalue weighted by atomic mass is 16.3. The Bertz CT molecular complexity index is 473. The fourth-order valence-corrected chi connectivity index (χ4v) is 3.23. The molecule has 0 bridgehead atoms. The zero-order valence-corrected chi connectivity index (χ0v) is 10.4. The molecule has 0 aromatic heterocycles. The minimum atomic E-state index is -0.486. The van der Waals surface area contributed by atoms with Gasteiger partial charge in [0.05, 0.1) is 0 Å². The Morgan fingerprint density at radius 1 is 1.39 bits per heavy atom. The van der Waals surface area contributed by atoms with E-state index in [1.165, 1.54) is 11.1 Å². The van der Waals surface area contributed by atoms with Crippen LogP contribution in [0.3, 0.4) is 0 Å². The van der Waals surface area contributed by atoms with Crippen LogP contribution in [0.1, 0.15) is 19.3 Å². The normalized spacial score (nSPS) is 33.9. The first kappa shape index (κ1) is 11.6. The minimum Gasteiger partial charge on any atom is -0.312 e. The Kier molecular flexibility index (Phi) is 3.00. The van der Waals surface area contributed by atoms with Crippen LogP contribution in [-0.2, 0) is 0 Å². The third-order valence-corrected chi connectivity index (χ3v) is 4.08. The van der Waals surface area contributed by atoms with E-state index in [2.05, 4.69) is 34.8 Å². The maximum atomic E-state index is 11.3. The number of fused-ring (bicyclic) bond motifs is 1. The van der Waals surface area contributed by atoms with Gasteiger partial charge in [-0.2, -0.15) is 0 Å². The second kappa shape index (κ2) is 4.65. The van der Waals surface area contributed by atoms with Crippen LogP contribution in [0.25, 0.3) is 0 Å². The van der Waals surface area contributed by atoms with E-state index < -0.39 is 5.54 Å². The summed E-state index contributed by atoms with van der Waals surface area (Å²) in [4.78, 5) is 11.3. The number of nitrogens with zero attached hydrogens (tertiary/aromatic N) is 1. The number of hydrogen-bond acceptors (Lipinski definition) is 3. The van der Waals surface area contributed by atoms with E-state index in [1.807, 2.05) is 12.2 Å². The van der Waals surface area contributed by atoms with Gasteiger partial charge in [0.25, 0.3) is 0 Å². The number of rotatable bonds is 3. The first-order chi connectivity index (χ1) is 8.81. The summed E-state index contributed by atoms with van der Waals surface area (Å²) in [5.74, 6) is 0.528. The molecule has 1 saturated heterocycles. The molecule has 3 rings (SSSR count). The first-order valence-electron chi connectivity index (χ1n) is 6.59. The van der Waals surface area contributed by atoms with Crippen LogP contribution in [0.4, 0.5) is 0 Å². The van der Waals surface area contributed by atoms with E-state index in [-0.39, 0.29) is 0 Å². The van der Waals surface area contributed by atoms with Crippen molar-refractivity contribution in [2.45, 2.75) is 24.8 Å². The lowest BCUT2D eigenvalue weighted by molar-refractivity contribution is 0.446. The molecule has 94 valence electrons. The van der Waals surface area contributed by atoms with Gasteiger partial charge in [0.2, 0.25) is 0 Å². The summed E-state index contributed by atoms with van der Waals surface area (Å²) in [6.45, 7) is 1.93. The van der Waals surface area contributed by atoms with E-state index in [0.717, 1.165) is 32.4 Å². The molecule has 1 unspecified atom stereocenters. The van der Waals surface area contributed by atoms with Gasteiger partial charge in [-0.1, -0.05) is 52.8 Å². The van der Waals surface area contributed by atoms with Gasteiger partial charge in [-0.05, 0) is 18.8 Å². The average molecular weight is 242 g/mol. The van der Waals surface area contributed by atoms with Gasteiger partial charge in [0, 0.05) is 19.5 Å². The van der Waals surface area contributed by atoms with Crippen LogP contribution >= 0.6 is 0 Å². The number of hydrogen-bond donors (Lipinski definition) is 1. The molecule has 0 saturated carbocycles. The lowest BCUT2D eigenvalue weighted by Gasteiger charge is -2.21. The second-order valence-corrected chi connectivity index (χ2v) is 5.46. The molecule has 1 fully saturated rings. The molecule has 1 heterocycles. The van der Waals surface area contributed by atoms with Gasteiger partial charge < -0.3 is 5.32 Å². The fourth-order valence-electron chi connectivity index (χ4n) is 3.23. The van der Waals surface area contributed by atoms with Gasteiger partial charge in [0.15, 0.2) is 0 Å². The monoisotopic (exact) mass is 242 g/mol. The number of nitroso groups, excluding NO2 is 1. The summed E-state index contributed by atoms with van der Waals surface area (Å²) in [5, 5.41) is 6.83. The molecule has 3 nitrogen and oxygen atoms in total. The predicted octanol–water partition coefficient (Wildman–Crippen LogP) is 2.87. The highest BCUT2D eigenvalue weighted by Gasteiger charge is 2.42. The molecular formula is C15H18N2O. The Morgan fingerprint density at radius 2 is 2.33 bits per heavy atom. The molecule has 2 atom stereocenters. The van der Waals surface area contributed by atoms with Gasteiger partial charge >= 0.3 is 0 Å². The maximum absolute atomic E-state index is 11.3. The standard InChI is InChI=1S/C15H18N2O/c18-17-15(7-12-5-3-1-2-4-6-12)8-13-10-16-11-14(13)9-15/h1-5,8,14,16H,6-7,9-11H2/t14?,15-/m0/s1. The molecule has 3 aliphatic rings. The van der Waals surface area contributed by atoms with E-state index in [4.69, 9.17) is 0 Å². The van der Waals surface area contributed by atoms with Crippen molar-refractivity contribution in [3.63, 3.8) is 0 Å². The summed E-state index contributed by atoms with van der Waals surface area (Å²) < 4.78 is 0. The van der Waals surface area contributed by atoms with Crippen LogP contribution in [0.2, 0.25) is 0 Å². The van der Waals surface area contributed by atoms with Crippen molar-refractivity contribution in [2.75, 3.05) is 13.1 Å². The summed E-state index contributed by atoms with van der Waals surface area (Å²) in [7, 11) is 0. The van der Waals surface area contributed by atoms with Crippen molar-refractivity contribution >= 4 is 0 Å². The molecule has 1 N–H and O–H groups in total. The molecule has 0 aromatic rings. The summed E-state index contributed by atoms with van der Waals surface area (Å²) >= 11 is 0. The highest BCUT2D eigenvalue weighted by Crippen LogP contribution is 2.42. The number of allylic oxidation sites excluding steroid dienone is 5. The molecule has 0 spiro atoms. The molecule has 18 heavy (non-hydrogen) atoms. The summed E-state index contributed by atoms with van der Waals surface area (Å²) in [6, 6.07) is 0. The van der Waals surface area contributed by atoms with Gasteiger partial charge in [-0.15, -0.1) is 4.91 Å². The largest absolute Gasteiger partial charge is 0.312 e. The van der Waals surface area contributed by atoms with Crippen LogP contribution < -0.4 is 5.32 Å². The molecule has 0 aromatic carbocycles. The smallest absolute Gasteiger partial charge is 0.125 e. The first-order valence-corrected chi connectivity index (χ1v) is 6.59. The third-order valence-electron chi connectivity index (χ3n) is 4.08. The minimum absolute atomic E-state index is 0.486. The van der Waals surface area contributed by atoms with E-state index in [0.29, 0.717) is 5.92 Å². The molecule has 0 amide bonds. The van der Waals surface area contributed by atoms with Gasteiger partial charge in [-0.3, -0.25) is 0 Å². The Hall–Kier alpha value is -1.48. The molecule has 2 aliphatic carbocycles. The van der Waals surface area contributed by atoms with Crippen molar-refractivity contribution in [2.24, 2.45) is 11.1 Å². The van der Waals surface area contributed by atoms with Crippen molar-refractivity contribution in [1.29, 1.82) is 0 Å². The zero-order valence-electron chi connectivity index (χ0n) is 10.4. The highest BCUT2D eigenvalue weighted by molar-refractivity contribution is 5.33. The van der Waals surface area contributed by atoms with E-state index >= 15 is 0 Å². The molecule has 1 aliphatic heterocycles. The average Bonchev–Trinajstić information content (AvgIpc) is 2.81. The van der Waals surface area contributed by atoms with Crippen LogP contribution in [0.5, 0.6) is 0 Å². The van der Waals surface area contributed by atoms with Crippen LogP contribution in [0.15, 0.2) is 52.8 Å². The predicted molar refractivity (Wildman–Crippen MR) is 73.2 cm³/mol. The molecule has 0 radical (unpaired) electrons. The van der Waals surface area contributed by atoms with Crippen LogP contribution in [0, 0.1) is 10.8 Å². The van der Waals surface area contributed by atoms with Crippen molar-refractivity contribution in [1.82, 2.24) is 5.32 Å². The van der Waals surface area contributed by atoms with Gasteiger partial charge in [-0.25, -0.2) is 0 Å². The maximum Gasteiger partial charge on any atom is 0.125 e. The Morgan fingerprint density at radius 3 is 3.17 bits per heavy atom. The lowest BCUT2D eigenvalue weighted by Crippen LogP contribution is -2.25.